The number of hydrogen-bond acceptors (Lipinski definition) is 3. The van der Waals surface area contributed by atoms with Gasteiger partial charge in [-0.3, -0.25) is 0 Å². The lowest BCUT2D eigenvalue weighted by molar-refractivity contribution is 0.199. The molecule has 0 amide bonds. The predicted octanol–water partition coefficient (Wildman–Crippen LogP) is 1.41. The molecule has 0 saturated heterocycles. The van der Waals surface area contributed by atoms with Crippen LogP contribution in [0.4, 0.5) is 0 Å². The molecule has 0 aliphatic carbocycles. The Morgan fingerprint density at radius 2 is 2.00 bits per heavy atom. The first kappa shape index (κ1) is 12.5. The van der Waals surface area contributed by atoms with Crippen LogP contribution < -0.4 is 0 Å². The van der Waals surface area contributed by atoms with Gasteiger partial charge in [-0.2, -0.15) is 4.31 Å². The molecule has 17 heavy (non-hydrogen) atoms. The maximum absolute atomic E-state index is 11.8. The second kappa shape index (κ2) is 4.40. The van der Waals surface area contributed by atoms with Crippen molar-refractivity contribution in [1.82, 2.24) is 4.31 Å². The topological polar surface area (TPSA) is 57.6 Å². The maximum atomic E-state index is 11.8. The maximum Gasteiger partial charge on any atom is 0.214 e. The Morgan fingerprint density at radius 1 is 1.35 bits per heavy atom. The molecule has 4 nitrogen and oxygen atoms in total. The first-order chi connectivity index (χ1) is 7.94. The number of sulfonamides is 1. The van der Waals surface area contributed by atoms with Crippen molar-refractivity contribution in [3.8, 4) is 0 Å². The van der Waals surface area contributed by atoms with E-state index in [0.717, 1.165) is 16.7 Å². The van der Waals surface area contributed by atoms with E-state index in [1.807, 2.05) is 18.2 Å². The Hall–Kier alpha value is -0.910. The number of fused-ring (bicyclic) bond motifs is 1. The van der Waals surface area contributed by atoms with Crippen LogP contribution in [0.3, 0.4) is 0 Å². The first-order valence-electron chi connectivity index (χ1n) is 5.71. The van der Waals surface area contributed by atoms with E-state index in [4.69, 9.17) is 0 Å². The van der Waals surface area contributed by atoms with Crippen molar-refractivity contribution in [1.29, 1.82) is 0 Å². The summed E-state index contributed by atoms with van der Waals surface area (Å²) < 4.78 is 25.0. The Bertz CT molecular complexity index is 523. The lowest BCUT2D eigenvalue weighted by Crippen LogP contribution is -2.26. The lowest BCUT2D eigenvalue weighted by Gasteiger charge is -2.13. The van der Waals surface area contributed by atoms with E-state index >= 15 is 0 Å². The molecule has 1 atom stereocenters. The summed E-state index contributed by atoms with van der Waals surface area (Å²) in [6.45, 7) is 4.23. The Labute approximate surface area is 102 Å². The van der Waals surface area contributed by atoms with E-state index in [1.165, 1.54) is 4.31 Å². The van der Waals surface area contributed by atoms with Gasteiger partial charge in [-0.15, -0.1) is 0 Å². The highest BCUT2D eigenvalue weighted by molar-refractivity contribution is 7.89. The normalized spacial score (nSPS) is 18.1. The first-order valence-corrected chi connectivity index (χ1v) is 7.32. The third kappa shape index (κ3) is 2.36. The fourth-order valence-electron chi connectivity index (χ4n) is 2.02. The Kier molecular flexibility index (Phi) is 3.25. The molecular weight excluding hydrogens is 238 g/mol. The fraction of sp³-hybridized carbons (Fsp3) is 0.500. The summed E-state index contributed by atoms with van der Waals surface area (Å²) in [7, 11) is -3.13. The Balaban J connectivity index is 2.28. The molecule has 0 spiro atoms. The van der Waals surface area contributed by atoms with Crippen LogP contribution in [0.2, 0.25) is 0 Å². The second-order valence-corrected chi connectivity index (χ2v) is 6.63. The summed E-state index contributed by atoms with van der Waals surface area (Å²) in [5.74, 6) is 0.129. The molecule has 0 radical (unpaired) electrons. The van der Waals surface area contributed by atoms with Crippen LogP contribution >= 0.6 is 0 Å². The highest BCUT2D eigenvalue weighted by Crippen LogP contribution is 2.27. The van der Waals surface area contributed by atoms with Crippen molar-refractivity contribution in [2.75, 3.05) is 5.75 Å². The molecule has 1 aliphatic heterocycles. The quantitative estimate of drug-likeness (QED) is 0.888. The number of aliphatic hydroxyl groups excluding tert-OH is 1. The molecule has 0 fully saturated rings. The molecule has 2 rings (SSSR count). The fourth-order valence-corrected chi connectivity index (χ4v) is 3.06. The minimum absolute atomic E-state index is 0.129. The van der Waals surface area contributed by atoms with Gasteiger partial charge in [0.15, 0.2) is 0 Å². The van der Waals surface area contributed by atoms with E-state index < -0.39 is 16.1 Å². The van der Waals surface area contributed by atoms with Gasteiger partial charge in [-0.25, -0.2) is 8.42 Å². The van der Waals surface area contributed by atoms with Crippen LogP contribution in [-0.2, 0) is 23.1 Å². The number of aliphatic hydroxyl groups is 1. The van der Waals surface area contributed by atoms with Gasteiger partial charge < -0.3 is 5.11 Å². The molecule has 1 aliphatic rings. The zero-order valence-electron chi connectivity index (χ0n) is 10.0. The summed E-state index contributed by atoms with van der Waals surface area (Å²) in [4.78, 5) is 0. The highest BCUT2D eigenvalue weighted by atomic mass is 32.2. The molecule has 0 aromatic heterocycles. The third-order valence-corrected chi connectivity index (χ3v) is 4.94. The number of rotatable bonds is 3. The SMILES string of the molecule is CCS(=O)(=O)N1Cc2ccc(C(C)O)cc2C1. The van der Waals surface area contributed by atoms with Crippen molar-refractivity contribution in [2.24, 2.45) is 0 Å². The van der Waals surface area contributed by atoms with Gasteiger partial charge in [-0.1, -0.05) is 18.2 Å². The van der Waals surface area contributed by atoms with Crippen molar-refractivity contribution in [3.05, 3.63) is 34.9 Å². The molecule has 1 heterocycles. The summed E-state index contributed by atoms with van der Waals surface area (Å²) in [5.41, 5.74) is 2.87. The van der Waals surface area contributed by atoms with Crippen LogP contribution in [0, 0.1) is 0 Å². The average molecular weight is 255 g/mol. The van der Waals surface area contributed by atoms with E-state index in [1.54, 1.807) is 13.8 Å². The van der Waals surface area contributed by atoms with E-state index in [-0.39, 0.29) is 5.75 Å². The van der Waals surface area contributed by atoms with Crippen LogP contribution in [0.1, 0.15) is 36.6 Å². The standard InChI is InChI=1S/C12H17NO3S/c1-3-17(15,16)13-7-11-5-4-10(9(2)14)6-12(11)8-13/h4-6,9,14H,3,7-8H2,1-2H3. The predicted molar refractivity (Wildman–Crippen MR) is 65.8 cm³/mol. The molecule has 0 bridgehead atoms. The molecule has 1 aromatic rings. The van der Waals surface area contributed by atoms with Crippen LogP contribution in [0.5, 0.6) is 0 Å². The van der Waals surface area contributed by atoms with Crippen LogP contribution in [-0.4, -0.2) is 23.6 Å². The van der Waals surface area contributed by atoms with Crippen molar-refractivity contribution < 1.29 is 13.5 Å². The van der Waals surface area contributed by atoms with Crippen molar-refractivity contribution in [2.45, 2.75) is 33.0 Å². The minimum atomic E-state index is -3.13. The van der Waals surface area contributed by atoms with Crippen molar-refractivity contribution >= 4 is 10.0 Å². The summed E-state index contributed by atoms with van der Waals surface area (Å²) in [6.07, 6.45) is -0.517. The van der Waals surface area contributed by atoms with Crippen molar-refractivity contribution in [3.63, 3.8) is 0 Å². The van der Waals surface area contributed by atoms with E-state index in [0.29, 0.717) is 13.1 Å². The van der Waals surface area contributed by atoms with Gasteiger partial charge >= 0.3 is 0 Å². The molecule has 0 saturated carbocycles. The molecule has 1 N–H and O–H groups in total. The molecule has 5 heteroatoms. The smallest absolute Gasteiger partial charge is 0.214 e. The molecular formula is C12H17NO3S. The lowest BCUT2D eigenvalue weighted by atomic mass is 10.0. The minimum Gasteiger partial charge on any atom is -0.389 e. The van der Waals surface area contributed by atoms with Gasteiger partial charge in [0.2, 0.25) is 10.0 Å². The third-order valence-electron chi connectivity index (χ3n) is 3.16. The largest absolute Gasteiger partial charge is 0.389 e. The van der Waals surface area contributed by atoms with Gasteiger partial charge in [0.25, 0.3) is 0 Å². The van der Waals surface area contributed by atoms with Crippen LogP contribution in [0.15, 0.2) is 18.2 Å². The summed E-state index contributed by atoms with van der Waals surface area (Å²) in [6, 6.07) is 5.65. The summed E-state index contributed by atoms with van der Waals surface area (Å²) >= 11 is 0. The number of benzene rings is 1. The molecule has 1 unspecified atom stereocenters. The summed E-state index contributed by atoms with van der Waals surface area (Å²) in [5, 5.41) is 9.50. The van der Waals surface area contributed by atoms with E-state index in [2.05, 4.69) is 0 Å². The number of nitrogens with zero attached hydrogens (tertiary/aromatic N) is 1. The monoisotopic (exact) mass is 255 g/mol. The van der Waals surface area contributed by atoms with Gasteiger partial charge in [0.1, 0.15) is 0 Å². The van der Waals surface area contributed by atoms with E-state index in [9.17, 15) is 13.5 Å². The zero-order valence-corrected chi connectivity index (χ0v) is 10.9. The highest BCUT2D eigenvalue weighted by Gasteiger charge is 2.27. The Morgan fingerprint density at radius 3 is 2.59 bits per heavy atom. The zero-order chi connectivity index (χ0) is 12.6. The van der Waals surface area contributed by atoms with Gasteiger partial charge in [0.05, 0.1) is 11.9 Å². The molecule has 1 aromatic carbocycles. The second-order valence-electron chi connectivity index (χ2n) is 4.37. The van der Waals surface area contributed by atoms with Gasteiger partial charge in [0, 0.05) is 13.1 Å². The van der Waals surface area contributed by atoms with Gasteiger partial charge in [-0.05, 0) is 30.5 Å². The average Bonchev–Trinajstić information content (AvgIpc) is 2.72. The number of hydrogen-bond donors (Lipinski definition) is 1. The molecule has 94 valence electrons. The van der Waals surface area contributed by atoms with Crippen LogP contribution in [0.25, 0.3) is 0 Å².